The number of ether oxygens (including phenoxy) is 2. The first-order valence-electron chi connectivity index (χ1n) is 7.78. The number of nitrogens with zero attached hydrogens (tertiary/aromatic N) is 2. The summed E-state index contributed by atoms with van der Waals surface area (Å²) in [4.78, 5) is 11.6. The van der Waals surface area contributed by atoms with Crippen molar-refractivity contribution in [1.29, 1.82) is 0 Å². The van der Waals surface area contributed by atoms with E-state index in [0.29, 0.717) is 11.7 Å². The number of anilines is 2. The number of hydrogen-bond donors (Lipinski definition) is 2. The molecule has 4 aromatic rings. The lowest BCUT2D eigenvalue weighted by Gasteiger charge is -2.09. The SMILES string of the molecule is COc1cccc(Nc2cc(Oc3ccc4[nH]ccc4c3)ncn2)c1. The number of aromatic amines is 1. The predicted molar refractivity (Wildman–Crippen MR) is 96.7 cm³/mol. The first-order valence-corrected chi connectivity index (χ1v) is 7.78. The average Bonchev–Trinajstić information content (AvgIpc) is 3.10. The van der Waals surface area contributed by atoms with E-state index in [0.717, 1.165) is 28.1 Å². The summed E-state index contributed by atoms with van der Waals surface area (Å²) in [6.45, 7) is 0. The topological polar surface area (TPSA) is 72.1 Å². The lowest BCUT2D eigenvalue weighted by molar-refractivity contribution is 0.415. The van der Waals surface area contributed by atoms with Crippen LogP contribution in [-0.2, 0) is 0 Å². The van der Waals surface area contributed by atoms with Crippen LogP contribution in [0.4, 0.5) is 11.5 Å². The number of rotatable bonds is 5. The molecule has 0 saturated carbocycles. The second kappa shape index (κ2) is 6.52. The van der Waals surface area contributed by atoms with Crippen LogP contribution in [0.3, 0.4) is 0 Å². The Hall–Kier alpha value is -3.54. The normalized spacial score (nSPS) is 10.6. The molecule has 0 spiro atoms. The van der Waals surface area contributed by atoms with E-state index in [4.69, 9.17) is 9.47 Å². The quantitative estimate of drug-likeness (QED) is 0.563. The minimum absolute atomic E-state index is 0.468. The van der Waals surface area contributed by atoms with Crippen LogP contribution in [0.2, 0.25) is 0 Å². The van der Waals surface area contributed by atoms with E-state index < -0.39 is 0 Å². The summed E-state index contributed by atoms with van der Waals surface area (Å²) in [7, 11) is 1.64. The number of methoxy groups -OCH3 is 1. The Morgan fingerprint density at radius 3 is 2.84 bits per heavy atom. The fraction of sp³-hybridized carbons (Fsp3) is 0.0526. The number of fused-ring (bicyclic) bond motifs is 1. The molecule has 2 heterocycles. The van der Waals surface area contributed by atoms with Crippen molar-refractivity contribution in [3.63, 3.8) is 0 Å². The van der Waals surface area contributed by atoms with Gasteiger partial charge in [0.25, 0.3) is 0 Å². The molecule has 0 atom stereocenters. The number of aromatic nitrogens is 3. The predicted octanol–water partition coefficient (Wildman–Crippen LogP) is 4.50. The molecule has 6 nitrogen and oxygen atoms in total. The third-order valence-corrected chi connectivity index (χ3v) is 3.73. The molecule has 0 aliphatic heterocycles. The molecule has 0 bridgehead atoms. The molecule has 0 amide bonds. The standard InChI is InChI=1S/C19H16N4O2/c1-24-15-4-2-3-14(10-15)23-18-11-19(22-12-21-18)25-16-5-6-17-13(9-16)7-8-20-17/h2-12,20H,1H3,(H,21,22,23). The summed E-state index contributed by atoms with van der Waals surface area (Å²) >= 11 is 0. The summed E-state index contributed by atoms with van der Waals surface area (Å²) in [5.74, 6) is 2.60. The number of benzene rings is 2. The molecule has 0 aliphatic rings. The Kier molecular flexibility index (Phi) is 3.92. The summed E-state index contributed by atoms with van der Waals surface area (Å²) < 4.78 is 11.1. The maximum absolute atomic E-state index is 5.85. The lowest BCUT2D eigenvalue weighted by atomic mass is 10.2. The molecule has 0 fully saturated rings. The highest BCUT2D eigenvalue weighted by atomic mass is 16.5. The zero-order chi connectivity index (χ0) is 17.1. The monoisotopic (exact) mass is 332 g/mol. The second-order valence-electron chi connectivity index (χ2n) is 5.43. The minimum Gasteiger partial charge on any atom is -0.497 e. The molecule has 6 heteroatoms. The smallest absolute Gasteiger partial charge is 0.224 e. The van der Waals surface area contributed by atoms with Gasteiger partial charge in [0, 0.05) is 34.9 Å². The van der Waals surface area contributed by atoms with Gasteiger partial charge in [-0.2, -0.15) is 0 Å². The summed E-state index contributed by atoms with van der Waals surface area (Å²) in [5, 5.41) is 4.30. The van der Waals surface area contributed by atoms with Gasteiger partial charge in [-0.15, -0.1) is 0 Å². The Labute approximate surface area is 144 Å². The van der Waals surface area contributed by atoms with Gasteiger partial charge < -0.3 is 19.8 Å². The van der Waals surface area contributed by atoms with E-state index in [1.165, 1.54) is 6.33 Å². The minimum atomic E-state index is 0.468. The molecule has 0 unspecified atom stereocenters. The van der Waals surface area contributed by atoms with Crippen molar-refractivity contribution in [2.75, 3.05) is 12.4 Å². The highest BCUT2D eigenvalue weighted by Gasteiger charge is 2.04. The van der Waals surface area contributed by atoms with Gasteiger partial charge in [-0.3, -0.25) is 0 Å². The van der Waals surface area contributed by atoms with E-state index in [1.54, 1.807) is 13.2 Å². The van der Waals surface area contributed by atoms with Gasteiger partial charge in [0.2, 0.25) is 5.88 Å². The van der Waals surface area contributed by atoms with Crippen LogP contribution in [0, 0.1) is 0 Å². The van der Waals surface area contributed by atoms with Gasteiger partial charge in [0.15, 0.2) is 0 Å². The zero-order valence-electron chi connectivity index (χ0n) is 13.6. The molecule has 124 valence electrons. The summed E-state index contributed by atoms with van der Waals surface area (Å²) in [5.41, 5.74) is 1.94. The van der Waals surface area contributed by atoms with Gasteiger partial charge >= 0.3 is 0 Å². The molecule has 25 heavy (non-hydrogen) atoms. The summed E-state index contributed by atoms with van der Waals surface area (Å²) in [6, 6.07) is 17.2. The maximum Gasteiger partial charge on any atom is 0.224 e. The van der Waals surface area contributed by atoms with E-state index in [-0.39, 0.29) is 0 Å². The molecule has 0 radical (unpaired) electrons. The first kappa shape index (κ1) is 15.0. The molecule has 4 rings (SSSR count). The average molecular weight is 332 g/mol. The van der Waals surface area contributed by atoms with Crippen molar-refractivity contribution in [2.45, 2.75) is 0 Å². The van der Waals surface area contributed by atoms with E-state index >= 15 is 0 Å². The third-order valence-electron chi connectivity index (χ3n) is 3.73. The molecule has 0 aliphatic carbocycles. The van der Waals surface area contributed by atoms with Gasteiger partial charge in [0.05, 0.1) is 7.11 Å². The van der Waals surface area contributed by atoms with Crippen molar-refractivity contribution in [2.24, 2.45) is 0 Å². The van der Waals surface area contributed by atoms with Crippen LogP contribution in [-0.4, -0.2) is 22.1 Å². The zero-order valence-corrected chi connectivity index (χ0v) is 13.6. The van der Waals surface area contributed by atoms with Crippen molar-refractivity contribution in [3.05, 3.63) is 67.1 Å². The van der Waals surface area contributed by atoms with Crippen molar-refractivity contribution in [1.82, 2.24) is 15.0 Å². The number of hydrogen-bond acceptors (Lipinski definition) is 5. The van der Waals surface area contributed by atoms with Gasteiger partial charge in [-0.1, -0.05) is 6.07 Å². The molecular formula is C19H16N4O2. The highest BCUT2D eigenvalue weighted by Crippen LogP contribution is 2.26. The molecular weight excluding hydrogens is 316 g/mol. The van der Waals surface area contributed by atoms with Gasteiger partial charge in [-0.25, -0.2) is 9.97 Å². The second-order valence-corrected chi connectivity index (χ2v) is 5.43. The van der Waals surface area contributed by atoms with E-state index in [1.807, 2.05) is 54.7 Å². The molecule has 2 aromatic heterocycles. The van der Waals surface area contributed by atoms with Crippen molar-refractivity contribution >= 4 is 22.4 Å². The molecule has 0 saturated heterocycles. The fourth-order valence-corrected chi connectivity index (χ4v) is 2.53. The Balaban J connectivity index is 1.54. The number of H-pyrrole nitrogens is 1. The maximum atomic E-state index is 5.85. The third kappa shape index (κ3) is 3.37. The van der Waals surface area contributed by atoms with Gasteiger partial charge in [-0.05, 0) is 36.4 Å². The first-order chi connectivity index (χ1) is 12.3. The lowest BCUT2D eigenvalue weighted by Crippen LogP contribution is -1.96. The van der Waals surface area contributed by atoms with E-state index in [2.05, 4.69) is 20.3 Å². The van der Waals surface area contributed by atoms with Gasteiger partial charge in [0.1, 0.15) is 23.6 Å². The van der Waals surface area contributed by atoms with Crippen LogP contribution >= 0.6 is 0 Å². The Bertz CT molecular complexity index is 1010. The Morgan fingerprint density at radius 2 is 1.92 bits per heavy atom. The van der Waals surface area contributed by atoms with Crippen LogP contribution in [0.25, 0.3) is 10.9 Å². The molecule has 2 N–H and O–H groups in total. The van der Waals surface area contributed by atoms with Crippen LogP contribution in [0.5, 0.6) is 17.4 Å². The van der Waals surface area contributed by atoms with Crippen molar-refractivity contribution in [3.8, 4) is 17.4 Å². The van der Waals surface area contributed by atoms with Crippen LogP contribution in [0.1, 0.15) is 0 Å². The fourth-order valence-electron chi connectivity index (χ4n) is 2.53. The number of nitrogens with one attached hydrogen (secondary N) is 2. The Morgan fingerprint density at radius 1 is 0.960 bits per heavy atom. The van der Waals surface area contributed by atoms with Crippen LogP contribution < -0.4 is 14.8 Å². The highest BCUT2D eigenvalue weighted by molar-refractivity contribution is 5.80. The largest absolute Gasteiger partial charge is 0.497 e. The van der Waals surface area contributed by atoms with E-state index in [9.17, 15) is 0 Å². The van der Waals surface area contributed by atoms with Crippen LogP contribution in [0.15, 0.2) is 67.1 Å². The summed E-state index contributed by atoms with van der Waals surface area (Å²) in [6.07, 6.45) is 3.36. The molecule has 2 aromatic carbocycles. The van der Waals surface area contributed by atoms with Crippen molar-refractivity contribution < 1.29 is 9.47 Å².